The highest BCUT2D eigenvalue weighted by Gasteiger charge is 1.94. The van der Waals surface area contributed by atoms with Gasteiger partial charge in [0.25, 0.3) is 0 Å². The predicted octanol–water partition coefficient (Wildman–Crippen LogP) is 2.39. The van der Waals surface area contributed by atoms with Gasteiger partial charge in [0, 0.05) is 12.6 Å². The number of hydrogen-bond acceptors (Lipinski definition) is 3. The van der Waals surface area contributed by atoms with E-state index in [1.54, 1.807) is 0 Å². The van der Waals surface area contributed by atoms with Crippen molar-refractivity contribution in [3.63, 3.8) is 0 Å². The average molecular weight is 237 g/mol. The van der Waals surface area contributed by atoms with Gasteiger partial charge in [-0.2, -0.15) is 0 Å². The molecule has 96 valence electrons. The van der Waals surface area contributed by atoms with Crippen molar-refractivity contribution < 1.29 is 9.47 Å². The molecule has 0 unspecified atom stereocenters. The zero-order chi connectivity index (χ0) is 12.5. The Morgan fingerprint density at radius 1 is 1.06 bits per heavy atom. The van der Waals surface area contributed by atoms with E-state index in [4.69, 9.17) is 9.47 Å². The van der Waals surface area contributed by atoms with E-state index in [0.29, 0.717) is 19.3 Å². The summed E-state index contributed by atoms with van der Waals surface area (Å²) in [6, 6.07) is 8.57. The summed E-state index contributed by atoms with van der Waals surface area (Å²) in [5, 5.41) is 3.29. The van der Waals surface area contributed by atoms with E-state index in [1.807, 2.05) is 24.3 Å². The second-order valence-corrected chi connectivity index (χ2v) is 4.38. The van der Waals surface area contributed by atoms with E-state index in [0.717, 1.165) is 18.9 Å². The fourth-order valence-electron chi connectivity index (χ4n) is 1.37. The molecule has 1 N–H and O–H groups in total. The van der Waals surface area contributed by atoms with E-state index in [2.05, 4.69) is 26.1 Å². The fraction of sp³-hybridized carbons (Fsp3) is 0.571. The van der Waals surface area contributed by atoms with Crippen molar-refractivity contribution in [1.29, 1.82) is 0 Å². The van der Waals surface area contributed by atoms with Gasteiger partial charge in [-0.25, -0.2) is 0 Å². The van der Waals surface area contributed by atoms with Gasteiger partial charge >= 0.3 is 0 Å². The van der Waals surface area contributed by atoms with Crippen LogP contribution in [0, 0.1) is 6.92 Å². The molecule has 0 saturated heterocycles. The molecule has 1 rings (SSSR count). The van der Waals surface area contributed by atoms with Gasteiger partial charge < -0.3 is 14.8 Å². The van der Waals surface area contributed by atoms with Crippen LogP contribution in [0.25, 0.3) is 0 Å². The Bertz CT molecular complexity index is 296. The van der Waals surface area contributed by atoms with Crippen LogP contribution in [0.5, 0.6) is 5.75 Å². The van der Waals surface area contributed by atoms with E-state index in [-0.39, 0.29) is 0 Å². The minimum Gasteiger partial charge on any atom is -0.491 e. The van der Waals surface area contributed by atoms with Crippen molar-refractivity contribution in [2.75, 3.05) is 26.4 Å². The minimum atomic E-state index is 0.516. The van der Waals surface area contributed by atoms with Crippen LogP contribution in [-0.4, -0.2) is 32.4 Å². The first-order chi connectivity index (χ1) is 8.18. The molecule has 0 aromatic heterocycles. The van der Waals surface area contributed by atoms with E-state index in [9.17, 15) is 0 Å². The summed E-state index contributed by atoms with van der Waals surface area (Å²) in [7, 11) is 0. The molecule has 0 aliphatic heterocycles. The molecule has 0 atom stereocenters. The van der Waals surface area contributed by atoms with Crippen molar-refractivity contribution in [3.05, 3.63) is 29.8 Å². The molecule has 1 aromatic carbocycles. The first kappa shape index (κ1) is 14.0. The number of benzene rings is 1. The highest BCUT2D eigenvalue weighted by atomic mass is 16.5. The molecule has 1 aromatic rings. The Morgan fingerprint density at radius 2 is 1.76 bits per heavy atom. The van der Waals surface area contributed by atoms with Gasteiger partial charge in [-0.15, -0.1) is 0 Å². The molecule has 0 saturated carbocycles. The number of hydrogen-bond donors (Lipinski definition) is 1. The van der Waals surface area contributed by atoms with Gasteiger partial charge in [0.1, 0.15) is 12.4 Å². The lowest BCUT2D eigenvalue weighted by molar-refractivity contribution is 0.101. The Hall–Kier alpha value is -1.06. The van der Waals surface area contributed by atoms with Crippen LogP contribution in [-0.2, 0) is 4.74 Å². The van der Waals surface area contributed by atoms with E-state index < -0.39 is 0 Å². The molecule has 3 nitrogen and oxygen atoms in total. The van der Waals surface area contributed by atoms with Gasteiger partial charge in [-0.3, -0.25) is 0 Å². The van der Waals surface area contributed by atoms with Gasteiger partial charge in [-0.05, 0) is 19.1 Å². The maximum absolute atomic E-state index is 5.54. The predicted molar refractivity (Wildman–Crippen MR) is 70.6 cm³/mol. The summed E-state index contributed by atoms with van der Waals surface area (Å²) in [6.07, 6.45) is 0. The Labute approximate surface area is 104 Å². The first-order valence-electron chi connectivity index (χ1n) is 6.19. The largest absolute Gasteiger partial charge is 0.491 e. The molecule has 0 fully saturated rings. The SMILES string of the molecule is Cc1ccc(OCCOCCNC(C)C)cc1. The number of aryl methyl sites for hydroxylation is 1. The third-order valence-electron chi connectivity index (χ3n) is 2.32. The molecule has 0 radical (unpaired) electrons. The summed E-state index contributed by atoms with van der Waals surface area (Å²) in [6.45, 7) is 9.17. The summed E-state index contributed by atoms with van der Waals surface area (Å²) in [4.78, 5) is 0. The van der Waals surface area contributed by atoms with Crippen LogP contribution in [0.3, 0.4) is 0 Å². The summed E-state index contributed by atoms with van der Waals surface area (Å²) >= 11 is 0. The molecule has 0 amide bonds. The number of rotatable bonds is 8. The Balaban J connectivity index is 1.99. The lowest BCUT2D eigenvalue weighted by atomic mass is 10.2. The molecule has 0 heterocycles. The van der Waals surface area contributed by atoms with Gasteiger partial charge in [0.05, 0.1) is 13.2 Å². The molecule has 0 aliphatic rings. The lowest BCUT2D eigenvalue weighted by Gasteiger charge is -2.09. The van der Waals surface area contributed by atoms with Crippen LogP contribution in [0.1, 0.15) is 19.4 Å². The Morgan fingerprint density at radius 3 is 2.41 bits per heavy atom. The maximum atomic E-state index is 5.54. The quantitative estimate of drug-likeness (QED) is 0.704. The summed E-state index contributed by atoms with van der Waals surface area (Å²) in [5.41, 5.74) is 1.24. The maximum Gasteiger partial charge on any atom is 0.119 e. The third-order valence-corrected chi connectivity index (χ3v) is 2.32. The standard InChI is InChI=1S/C14H23NO2/c1-12(2)15-8-9-16-10-11-17-14-6-4-13(3)5-7-14/h4-7,12,15H,8-11H2,1-3H3. The normalized spacial score (nSPS) is 10.8. The lowest BCUT2D eigenvalue weighted by Crippen LogP contribution is -2.27. The van der Waals surface area contributed by atoms with Gasteiger partial charge in [0.15, 0.2) is 0 Å². The van der Waals surface area contributed by atoms with Crippen molar-refractivity contribution in [2.45, 2.75) is 26.8 Å². The molecule has 0 aliphatic carbocycles. The topological polar surface area (TPSA) is 30.5 Å². The van der Waals surface area contributed by atoms with Crippen LogP contribution in [0.4, 0.5) is 0 Å². The minimum absolute atomic E-state index is 0.516. The molecule has 17 heavy (non-hydrogen) atoms. The van der Waals surface area contributed by atoms with Gasteiger partial charge in [-0.1, -0.05) is 31.5 Å². The molecular weight excluding hydrogens is 214 g/mol. The first-order valence-corrected chi connectivity index (χ1v) is 6.19. The fourth-order valence-corrected chi connectivity index (χ4v) is 1.37. The third kappa shape index (κ3) is 6.97. The second kappa shape index (κ2) is 8.09. The van der Waals surface area contributed by atoms with Crippen LogP contribution >= 0.6 is 0 Å². The van der Waals surface area contributed by atoms with E-state index in [1.165, 1.54) is 5.56 Å². The monoisotopic (exact) mass is 237 g/mol. The number of ether oxygens (including phenoxy) is 2. The average Bonchev–Trinajstić information content (AvgIpc) is 2.30. The molecule has 3 heteroatoms. The smallest absolute Gasteiger partial charge is 0.119 e. The molecule has 0 bridgehead atoms. The van der Waals surface area contributed by atoms with Gasteiger partial charge in [0.2, 0.25) is 0 Å². The highest BCUT2D eigenvalue weighted by molar-refractivity contribution is 5.26. The van der Waals surface area contributed by atoms with E-state index >= 15 is 0 Å². The molecular formula is C14H23NO2. The van der Waals surface area contributed by atoms with Crippen molar-refractivity contribution >= 4 is 0 Å². The zero-order valence-corrected chi connectivity index (χ0v) is 11.0. The van der Waals surface area contributed by atoms with Crippen LogP contribution in [0.2, 0.25) is 0 Å². The Kier molecular flexibility index (Phi) is 6.67. The second-order valence-electron chi connectivity index (χ2n) is 4.38. The highest BCUT2D eigenvalue weighted by Crippen LogP contribution is 2.10. The van der Waals surface area contributed by atoms with Crippen molar-refractivity contribution in [3.8, 4) is 5.75 Å². The summed E-state index contributed by atoms with van der Waals surface area (Å²) < 4.78 is 11.0. The molecule has 0 spiro atoms. The zero-order valence-electron chi connectivity index (χ0n) is 11.0. The summed E-state index contributed by atoms with van der Waals surface area (Å²) in [5.74, 6) is 0.902. The van der Waals surface area contributed by atoms with Crippen LogP contribution < -0.4 is 10.1 Å². The van der Waals surface area contributed by atoms with Crippen molar-refractivity contribution in [1.82, 2.24) is 5.32 Å². The number of nitrogens with one attached hydrogen (secondary N) is 1. The van der Waals surface area contributed by atoms with Crippen LogP contribution in [0.15, 0.2) is 24.3 Å². The van der Waals surface area contributed by atoms with Crippen molar-refractivity contribution in [2.24, 2.45) is 0 Å².